The summed E-state index contributed by atoms with van der Waals surface area (Å²) in [5.74, 6) is 0.402. The van der Waals surface area contributed by atoms with Gasteiger partial charge in [0.25, 0.3) is 7.42 Å². The molecule has 1 atom stereocenters. The van der Waals surface area contributed by atoms with Gasteiger partial charge in [0.2, 0.25) is 5.79 Å². The molecule has 0 radical (unpaired) electrons. The summed E-state index contributed by atoms with van der Waals surface area (Å²) >= 11 is 12.0. The Bertz CT molecular complexity index is 439. The van der Waals surface area contributed by atoms with Gasteiger partial charge in [-0.25, -0.2) is 0 Å². The molecule has 106 valence electrons. The van der Waals surface area contributed by atoms with E-state index >= 15 is 0 Å². The fourth-order valence-electron chi connectivity index (χ4n) is 2.26. The molecule has 0 fully saturated rings. The van der Waals surface area contributed by atoms with Crippen molar-refractivity contribution in [2.75, 3.05) is 0 Å². The summed E-state index contributed by atoms with van der Waals surface area (Å²) in [5.41, 5.74) is 1.05. The summed E-state index contributed by atoms with van der Waals surface area (Å²) in [6.07, 6.45) is 4.45. The van der Waals surface area contributed by atoms with Crippen molar-refractivity contribution in [3.63, 3.8) is 0 Å². The number of hydrogen-bond donors (Lipinski definition) is 0. The van der Waals surface area contributed by atoms with Crippen molar-refractivity contribution in [1.29, 1.82) is 0 Å². The zero-order valence-electron chi connectivity index (χ0n) is 11.4. The van der Waals surface area contributed by atoms with Gasteiger partial charge in [-0.3, -0.25) is 0 Å². The first-order valence-electron chi connectivity index (χ1n) is 6.78. The zero-order valence-corrected chi connectivity index (χ0v) is 14.1. The smallest absolute Gasteiger partial charge is 0.266 e. The lowest BCUT2D eigenvalue weighted by Crippen LogP contribution is -2.39. The van der Waals surface area contributed by atoms with Crippen LogP contribution in [0.15, 0.2) is 18.2 Å². The summed E-state index contributed by atoms with van der Waals surface area (Å²) in [5, 5.41) is 1.02. The van der Waals surface area contributed by atoms with Crippen LogP contribution in [0, 0.1) is 0 Å². The molecule has 0 N–H and O–H groups in total. The average Bonchev–Trinajstić information content (AvgIpc) is 2.38. The van der Waals surface area contributed by atoms with E-state index in [1.165, 1.54) is 12.8 Å². The second-order valence-electron chi connectivity index (χ2n) is 5.15. The van der Waals surface area contributed by atoms with Crippen molar-refractivity contribution in [2.45, 2.75) is 51.9 Å². The minimum absolute atomic E-state index is 0.498. The topological polar surface area (TPSA) is 18.5 Å². The number of halogens is 2. The van der Waals surface area contributed by atoms with E-state index < -0.39 is 13.2 Å². The second kappa shape index (κ2) is 6.49. The highest BCUT2D eigenvalue weighted by atomic mass is 35.7. The maximum absolute atomic E-state index is 6.01. The van der Waals surface area contributed by atoms with Crippen LogP contribution in [-0.4, -0.2) is 13.2 Å². The third kappa shape index (κ3) is 3.88. The molecule has 1 aromatic carbocycles. The van der Waals surface area contributed by atoms with Crippen LogP contribution in [0.5, 0.6) is 5.75 Å². The molecule has 1 heterocycles. The molecule has 2 nitrogen and oxygen atoms in total. The number of unbranched alkanes of at least 4 members (excludes halogenated alkanes) is 2. The second-order valence-corrected chi connectivity index (χ2v) is 9.71. The summed E-state index contributed by atoms with van der Waals surface area (Å²) in [6, 6.07) is 5.95. The SMILES string of the molecule is CCCCCC1(C)OCc2cc([SiH](Cl)Cl)ccc2O1. The number of fused-ring (bicyclic) bond motifs is 1. The Morgan fingerprint density at radius 2 is 2.11 bits per heavy atom. The van der Waals surface area contributed by atoms with Gasteiger partial charge in [-0.15, -0.1) is 22.2 Å². The van der Waals surface area contributed by atoms with Gasteiger partial charge in [-0.1, -0.05) is 31.9 Å². The molecule has 0 saturated carbocycles. The van der Waals surface area contributed by atoms with Crippen molar-refractivity contribution >= 4 is 34.8 Å². The molecule has 19 heavy (non-hydrogen) atoms. The fourth-order valence-corrected chi connectivity index (χ4v) is 3.64. The van der Waals surface area contributed by atoms with Crippen LogP contribution in [0.4, 0.5) is 0 Å². The molecule has 1 aliphatic heterocycles. The minimum Gasteiger partial charge on any atom is -0.462 e. The highest BCUT2D eigenvalue weighted by molar-refractivity contribution is 7.39. The lowest BCUT2D eigenvalue weighted by molar-refractivity contribution is -0.198. The third-order valence-corrected chi connectivity index (χ3v) is 5.80. The molecule has 0 saturated heterocycles. The maximum atomic E-state index is 6.01. The van der Waals surface area contributed by atoms with E-state index in [1.54, 1.807) is 0 Å². The van der Waals surface area contributed by atoms with Crippen molar-refractivity contribution in [3.05, 3.63) is 23.8 Å². The molecular weight excluding hydrogens is 299 g/mol. The quantitative estimate of drug-likeness (QED) is 0.467. The van der Waals surface area contributed by atoms with Gasteiger partial charge in [0, 0.05) is 18.9 Å². The van der Waals surface area contributed by atoms with Crippen molar-refractivity contribution in [1.82, 2.24) is 0 Å². The molecule has 1 unspecified atom stereocenters. The van der Waals surface area contributed by atoms with Gasteiger partial charge in [0.15, 0.2) is 0 Å². The Labute approximate surface area is 126 Å². The van der Waals surface area contributed by atoms with Gasteiger partial charge in [0.1, 0.15) is 5.75 Å². The van der Waals surface area contributed by atoms with E-state index in [0.717, 1.165) is 29.3 Å². The van der Waals surface area contributed by atoms with Crippen LogP contribution >= 0.6 is 22.2 Å². The van der Waals surface area contributed by atoms with Gasteiger partial charge >= 0.3 is 0 Å². The molecule has 0 aromatic heterocycles. The zero-order chi connectivity index (χ0) is 13.9. The molecule has 0 amide bonds. The lowest BCUT2D eigenvalue weighted by atomic mass is 10.1. The summed E-state index contributed by atoms with van der Waals surface area (Å²) in [6.45, 7) is 4.78. The van der Waals surface area contributed by atoms with Crippen LogP contribution in [0.25, 0.3) is 0 Å². The highest BCUT2D eigenvalue weighted by Gasteiger charge is 2.32. The van der Waals surface area contributed by atoms with E-state index in [2.05, 4.69) is 6.92 Å². The van der Waals surface area contributed by atoms with E-state index in [0.29, 0.717) is 6.61 Å². The Hall–Kier alpha value is -0.223. The molecule has 5 heteroatoms. The first kappa shape index (κ1) is 15.2. The monoisotopic (exact) mass is 318 g/mol. The van der Waals surface area contributed by atoms with Crippen molar-refractivity contribution < 1.29 is 9.47 Å². The predicted molar refractivity (Wildman–Crippen MR) is 82.9 cm³/mol. The standard InChI is InChI=1S/C14H20Cl2O2Si/c1-3-4-5-8-14(2)17-10-11-9-12(19(15)16)6-7-13(11)18-14/h6-7,9,19H,3-5,8,10H2,1-2H3. The maximum Gasteiger partial charge on any atom is 0.266 e. The Kier molecular flexibility index (Phi) is 5.18. The largest absolute Gasteiger partial charge is 0.462 e. The van der Waals surface area contributed by atoms with Gasteiger partial charge < -0.3 is 9.47 Å². The van der Waals surface area contributed by atoms with Gasteiger partial charge in [-0.05, 0) is 17.7 Å². The number of ether oxygens (including phenoxy) is 2. The van der Waals surface area contributed by atoms with Gasteiger partial charge in [-0.2, -0.15) is 0 Å². The van der Waals surface area contributed by atoms with E-state index in [9.17, 15) is 0 Å². The molecular formula is C14H20Cl2O2Si. The van der Waals surface area contributed by atoms with Crippen LogP contribution in [0.1, 0.15) is 45.1 Å². The van der Waals surface area contributed by atoms with Crippen LogP contribution in [0.2, 0.25) is 0 Å². The summed E-state index contributed by atoms with van der Waals surface area (Å²) in [7, 11) is -1.80. The van der Waals surface area contributed by atoms with E-state index in [1.807, 2.05) is 25.1 Å². The van der Waals surface area contributed by atoms with Crippen LogP contribution in [-0.2, 0) is 11.3 Å². The van der Waals surface area contributed by atoms with Gasteiger partial charge in [0.05, 0.1) is 6.61 Å². The Morgan fingerprint density at radius 3 is 2.79 bits per heavy atom. The number of benzene rings is 1. The van der Waals surface area contributed by atoms with E-state index in [4.69, 9.17) is 31.6 Å². The predicted octanol–water partition coefficient (Wildman–Crippen LogP) is 3.80. The molecule has 0 bridgehead atoms. The molecule has 0 aliphatic carbocycles. The molecule has 1 aliphatic rings. The Balaban J connectivity index is 2.07. The summed E-state index contributed by atoms with van der Waals surface area (Å²) in [4.78, 5) is 0. The first-order chi connectivity index (χ1) is 9.04. The first-order valence-corrected chi connectivity index (χ1v) is 10.8. The number of rotatable bonds is 5. The molecule has 0 spiro atoms. The van der Waals surface area contributed by atoms with Crippen molar-refractivity contribution in [2.24, 2.45) is 0 Å². The lowest BCUT2D eigenvalue weighted by Gasteiger charge is -2.36. The fraction of sp³-hybridized carbons (Fsp3) is 0.571. The highest BCUT2D eigenvalue weighted by Crippen LogP contribution is 2.33. The van der Waals surface area contributed by atoms with E-state index in [-0.39, 0.29) is 0 Å². The van der Waals surface area contributed by atoms with Crippen LogP contribution in [0.3, 0.4) is 0 Å². The molecule has 1 aromatic rings. The number of hydrogen-bond acceptors (Lipinski definition) is 2. The Morgan fingerprint density at radius 1 is 1.32 bits per heavy atom. The average molecular weight is 319 g/mol. The minimum atomic E-state index is -1.80. The van der Waals surface area contributed by atoms with Crippen LogP contribution < -0.4 is 9.92 Å². The summed E-state index contributed by atoms with van der Waals surface area (Å²) < 4.78 is 11.9. The normalized spacial score (nSPS) is 22.2. The molecule has 2 rings (SSSR count). The van der Waals surface area contributed by atoms with Crippen molar-refractivity contribution in [3.8, 4) is 5.75 Å². The third-order valence-electron chi connectivity index (χ3n) is 3.43.